The molecule has 0 fully saturated rings. The number of aliphatic imine (C=N–C) groups is 1. The fourth-order valence-corrected chi connectivity index (χ4v) is 1.19. The first kappa shape index (κ1) is 18.8. The Morgan fingerprint density at radius 2 is 2.05 bits per heavy atom. The van der Waals surface area contributed by atoms with Gasteiger partial charge in [0, 0.05) is 0 Å². The summed E-state index contributed by atoms with van der Waals surface area (Å²) >= 11 is 0. The molecule has 0 saturated carbocycles. The van der Waals surface area contributed by atoms with Crippen molar-refractivity contribution in [1.82, 2.24) is 0 Å². The second-order valence-electron chi connectivity index (χ2n) is 3.74. The Hall–Kier alpha value is -1.23. The van der Waals surface area contributed by atoms with Crippen molar-refractivity contribution in [3.05, 3.63) is 24.3 Å². The monoisotopic (exact) mass is 405 g/mol. The molecule has 0 aliphatic heterocycles. The highest BCUT2D eigenvalue weighted by molar-refractivity contribution is 14.0. The van der Waals surface area contributed by atoms with Crippen molar-refractivity contribution in [3.63, 3.8) is 0 Å². The summed E-state index contributed by atoms with van der Waals surface area (Å²) in [5.74, 6) is -0.524. The van der Waals surface area contributed by atoms with Crippen LogP contribution in [0.25, 0.3) is 0 Å². The van der Waals surface area contributed by atoms with E-state index < -0.39 is 18.2 Å². The maximum atomic E-state index is 12.2. The number of halogens is 4. The fourth-order valence-electron chi connectivity index (χ4n) is 1.19. The molecule has 1 atom stereocenters. The SMILES string of the molecule is CC(O)CN=C(N)Nc1ccccc1OC(F)(F)F.I. The Morgan fingerprint density at radius 1 is 1.45 bits per heavy atom. The normalized spacial score (nSPS) is 13.3. The van der Waals surface area contributed by atoms with E-state index in [9.17, 15) is 13.2 Å². The number of alkyl halides is 3. The van der Waals surface area contributed by atoms with Crippen molar-refractivity contribution in [2.75, 3.05) is 11.9 Å². The molecule has 0 saturated heterocycles. The van der Waals surface area contributed by atoms with Crippen molar-refractivity contribution in [1.29, 1.82) is 0 Å². The molecule has 1 rings (SSSR count). The second kappa shape index (κ2) is 8.15. The van der Waals surface area contributed by atoms with Gasteiger partial charge in [-0.05, 0) is 19.1 Å². The maximum absolute atomic E-state index is 12.2. The van der Waals surface area contributed by atoms with E-state index in [4.69, 9.17) is 10.8 Å². The Labute approximate surface area is 131 Å². The molecule has 1 aromatic carbocycles. The molecular weight excluding hydrogens is 390 g/mol. The van der Waals surface area contributed by atoms with Crippen molar-refractivity contribution >= 4 is 35.6 Å². The lowest BCUT2D eigenvalue weighted by molar-refractivity contribution is -0.274. The number of aliphatic hydroxyl groups excluding tert-OH is 1. The van der Waals surface area contributed by atoms with Crippen LogP contribution in [0.4, 0.5) is 18.9 Å². The quantitative estimate of drug-likeness (QED) is 0.408. The zero-order valence-electron chi connectivity index (χ0n) is 10.5. The van der Waals surface area contributed by atoms with E-state index in [2.05, 4.69) is 15.0 Å². The number of benzene rings is 1. The molecule has 0 amide bonds. The zero-order chi connectivity index (χ0) is 14.5. The minimum Gasteiger partial charge on any atom is -0.404 e. The van der Waals surface area contributed by atoms with Gasteiger partial charge in [0.2, 0.25) is 0 Å². The van der Waals surface area contributed by atoms with Crippen LogP contribution in [0.3, 0.4) is 0 Å². The van der Waals surface area contributed by atoms with Gasteiger partial charge in [-0.15, -0.1) is 37.1 Å². The van der Waals surface area contributed by atoms with Crippen molar-refractivity contribution in [2.45, 2.75) is 19.4 Å². The summed E-state index contributed by atoms with van der Waals surface area (Å²) in [6, 6.07) is 5.44. The molecular formula is C11H15F3IN3O2. The largest absolute Gasteiger partial charge is 0.573 e. The first-order chi connectivity index (χ1) is 8.78. The number of aliphatic hydroxyl groups is 1. The minimum absolute atomic E-state index is 0. The zero-order valence-corrected chi connectivity index (χ0v) is 12.8. The van der Waals surface area contributed by atoms with Crippen LogP contribution in [0.1, 0.15) is 6.92 Å². The summed E-state index contributed by atoms with van der Waals surface area (Å²) < 4.78 is 40.3. The standard InChI is InChI=1S/C11H14F3N3O2.HI/c1-7(18)6-16-10(15)17-8-4-2-3-5-9(8)19-11(12,13)14;/h2-5,7,18H,6H2,1H3,(H3,15,16,17);1H. The number of hydrogen-bond acceptors (Lipinski definition) is 3. The molecule has 0 bridgehead atoms. The Bertz CT molecular complexity index is 453. The van der Waals surface area contributed by atoms with Crippen LogP contribution in [0.15, 0.2) is 29.3 Å². The van der Waals surface area contributed by atoms with Crippen LogP contribution in [0.5, 0.6) is 5.75 Å². The third-order valence-electron chi connectivity index (χ3n) is 1.90. The first-order valence-corrected chi connectivity index (χ1v) is 5.37. The molecule has 4 N–H and O–H groups in total. The molecule has 0 aliphatic carbocycles. The molecule has 9 heteroatoms. The van der Waals surface area contributed by atoms with Gasteiger partial charge in [0.1, 0.15) is 0 Å². The predicted octanol–water partition coefficient (Wildman–Crippen LogP) is 2.31. The summed E-state index contributed by atoms with van der Waals surface area (Å²) in [5, 5.41) is 11.5. The highest BCUT2D eigenvalue weighted by atomic mass is 127. The Balaban J connectivity index is 0.00000361. The van der Waals surface area contributed by atoms with Gasteiger partial charge in [-0.25, -0.2) is 0 Å². The second-order valence-corrected chi connectivity index (χ2v) is 3.74. The molecule has 0 radical (unpaired) electrons. The van der Waals surface area contributed by atoms with E-state index in [-0.39, 0.29) is 42.2 Å². The number of hydrogen-bond donors (Lipinski definition) is 3. The van der Waals surface area contributed by atoms with E-state index in [0.717, 1.165) is 6.07 Å². The van der Waals surface area contributed by atoms with Gasteiger partial charge in [-0.1, -0.05) is 12.1 Å². The number of para-hydroxylation sites is 2. The van der Waals surface area contributed by atoms with E-state index in [1.807, 2.05) is 0 Å². The third kappa shape index (κ3) is 7.38. The Kier molecular flexibility index (Phi) is 7.64. The molecule has 1 aromatic rings. The maximum Gasteiger partial charge on any atom is 0.573 e. The minimum atomic E-state index is -4.79. The summed E-state index contributed by atoms with van der Waals surface area (Å²) in [7, 11) is 0. The summed E-state index contributed by atoms with van der Waals surface area (Å²) in [5.41, 5.74) is 5.51. The number of nitrogens with zero attached hydrogens (tertiary/aromatic N) is 1. The fraction of sp³-hybridized carbons (Fsp3) is 0.364. The number of rotatable bonds is 4. The topological polar surface area (TPSA) is 79.9 Å². The summed E-state index contributed by atoms with van der Waals surface area (Å²) in [6.07, 6.45) is -5.48. The molecule has 5 nitrogen and oxygen atoms in total. The summed E-state index contributed by atoms with van der Waals surface area (Å²) in [6.45, 7) is 1.55. The molecule has 0 heterocycles. The number of anilines is 1. The van der Waals surface area contributed by atoms with Crippen molar-refractivity contribution < 1.29 is 23.0 Å². The third-order valence-corrected chi connectivity index (χ3v) is 1.90. The lowest BCUT2D eigenvalue weighted by Crippen LogP contribution is -2.25. The number of ether oxygens (including phenoxy) is 1. The van der Waals surface area contributed by atoms with Crippen molar-refractivity contribution in [3.8, 4) is 5.75 Å². The van der Waals surface area contributed by atoms with Gasteiger partial charge in [-0.3, -0.25) is 4.99 Å². The molecule has 0 spiro atoms. The van der Waals surface area contributed by atoms with E-state index in [1.165, 1.54) is 25.1 Å². The average Bonchev–Trinajstić information content (AvgIpc) is 2.27. The molecule has 114 valence electrons. The van der Waals surface area contributed by atoms with Crippen LogP contribution in [0.2, 0.25) is 0 Å². The number of nitrogens with two attached hydrogens (primary N) is 1. The first-order valence-electron chi connectivity index (χ1n) is 5.37. The lowest BCUT2D eigenvalue weighted by atomic mass is 10.3. The molecule has 20 heavy (non-hydrogen) atoms. The summed E-state index contributed by atoms with van der Waals surface area (Å²) in [4.78, 5) is 3.75. The Morgan fingerprint density at radius 3 is 2.60 bits per heavy atom. The number of nitrogens with one attached hydrogen (secondary N) is 1. The smallest absolute Gasteiger partial charge is 0.404 e. The van der Waals surface area contributed by atoms with Gasteiger partial charge < -0.3 is 20.9 Å². The number of guanidine groups is 1. The average molecular weight is 405 g/mol. The van der Waals surface area contributed by atoms with Crippen molar-refractivity contribution in [2.24, 2.45) is 10.7 Å². The van der Waals surface area contributed by atoms with Gasteiger partial charge in [0.05, 0.1) is 18.3 Å². The molecule has 1 unspecified atom stereocenters. The highest BCUT2D eigenvalue weighted by Gasteiger charge is 2.32. The lowest BCUT2D eigenvalue weighted by Gasteiger charge is -2.14. The predicted molar refractivity (Wildman–Crippen MR) is 80.3 cm³/mol. The highest BCUT2D eigenvalue weighted by Crippen LogP contribution is 2.29. The van der Waals surface area contributed by atoms with Crippen LogP contribution < -0.4 is 15.8 Å². The van der Waals surface area contributed by atoms with Crippen LogP contribution >= 0.6 is 24.0 Å². The van der Waals surface area contributed by atoms with Gasteiger partial charge in [0.25, 0.3) is 0 Å². The van der Waals surface area contributed by atoms with Crippen LogP contribution in [-0.2, 0) is 0 Å². The van der Waals surface area contributed by atoms with Gasteiger partial charge in [0.15, 0.2) is 11.7 Å². The molecule has 0 aromatic heterocycles. The van der Waals surface area contributed by atoms with E-state index in [1.54, 1.807) is 0 Å². The van der Waals surface area contributed by atoms with E-state index >= 15 is 0 Å². The van der Waals surface area contributed by atoms with Crippen LogP contribution in [0, 0.1) is 0 Å². The van der Waals surface area contributed by atoms with E-state index in [0.29, 0.717) is 0 Å². The van der Waals surface area contributed by atoms with Gasteiger partial charge >= 0.3 is 6.36 Å². The van der Waals surface area contributed by atoms with Gasteiger partial charge in [-0.2, -0.15) is 0 Å². The van der Waals surface area contributed by atoms with Crippen LogP contribution in [-0.4, -0.2) is 30.1 Å². The molecule has 0 aliphatic rings.